The van der Waals surface area contributed by atoms with Crippen LogP contribution in [0.4, 0.5) is 0 Å². The van der Waals surface area contributed by atoms with E-state index in [1.165, 1.54) is 0 Å². The molecule has 108 valence electrons. The minimum atomic E-state index is 0.0564. The fourth-order valence-electron chi connectivity index (χ4n) is 2.06. The van der Waals surface area contributed by atoms with Gasteiger partial charge in [0, 0.05) is 23.2 Å². The summed E-state index contributed by atoms with van der Waals surface area (Å²) in [6, 6.07) is 17.7. The molecule has 2 aromatic carbocycles. The van der Waals surface area contributed by atoms with Crippen LogP contribution in [0.2, 0.25) is 5.02 Å². The monoisotopic (exact) mass is 300 g/mol. The number of nitrogens with one attached hydrogen (secondary N) is 1. The molecule has 0 radical (unpaired) electrons. The molecule has 0 saturated carbocycles. The van der Waals surface area contributed by atoms with E-state index in [0.717, 1.165) is 21.9 Å². The molecule has 0 aliphatic heterocycles. The van der Waals surface area contributed by atoms with E-state index in [2.05, 4.69) is 12.2 Å². The zero-order valence-electron chi connectivity index (χ0n) is 11.8. The van der Waals surface area contributed by atoms with Gasteiger partial charge in [0.25, 0.3) is 0 Å². The SMILES string of the molecule is C[C@H](NCc1ccccc1OCC#N)c1cccc(Cl)c1. The molecule has 2 aromatic rings. The van der Waals surface area contributed by atoms with Crippen LogP contribution in [0.3, 0.4) is 0 Å². The summed E-state index contributed by atoms with van der Waals surface area (Å²) in [5.41, 5.74) is 2.17. The van der Waals surface area contributed by atoms with Gasteiger partial charge in [-0.25, -0.2) is 0 Å². The van der Waals surface area contributed by atoms with Crippen molar-refractivity contribution in [1.82, 2.24) is 5.32 Å². The maximum Gasteiger partial charge on any atom is 0.174 e. The lowest BCUT2D eigenvalue weighted by Gasteiger charge is -2.16. The third-order valence-electron chi connectivity index (χ3n) is 3.21. The fraction of sp³-hybridized carbons (Fsp3) is 0.235. The number of rotatable bonds is 6. The highest BCUT2D eigenvalue weighted by atomic mass is 35.5. The Kier molecular flexibility index (Phi) is 5.62. The minimum absolute atomic E-state index is 0.0564. The topological polar surface area (TPSA) is 45.0 Å². The van der Waals surface area contributed by atoms with Crippen LogP contribution >= 0.6 is 11.6 Å². The fourth-order valence-corrected chi connectivity index (χ4v) is 2.26. The molecule has 4 heteroatoms. The summed E-state index contributed by atoms with van der Waals surface area (Å²) in [7, 11) is 0. The summed E-state index contributed by atoms with van der Waals surface area (Å²) in [6.07, 6.45) is 0. The Balaban J connectivity index is 2.01. The molecular formula is C17H17ClN2O. The molecule has 0 unspecified atom stereocenters. The summed E-state index contributed by atoms with van der Waals surface area (Å²) in [5.74, 6) is 0.741. The van der Waals surface area contributed by atoms with E-state index in [0.29, 0.717) is 6.54 Å². The van der Waals surface area contributed by atoms with E-state index >= 15 is 0 Å². The molecule has 0 saturated heterocycles. The number of hydrogen-bond acceptors (Lipinski definition) is 3. The van der Waals surface area contributed by atoms with Crippen LogP contribution in [0.5, 0.6) is 5.75 Å². The molecule has 0 aromatic heterocycles. The highest BCUT2D eigenvalue weighted by Gasteiger charge is 2.08. The molecule has 1 N–H and O–H groups in total. The zero-order chi connectivity index (χ0) is 15.1. The summed E-state index contributed by atoms with van der Waals surface area (Å²) >= 11 is 6.01. The van der Waals surface area contributed by atoms with E-state index in [1.54, 1.807) is 0 Å². The molecule has 0 bridgehead atoms. The van der Waals surface area contributed by atoms with Gasteiger partial charge < -0.3 is 10.1 Å². The van der Waals surface area contributed by atoms with Gasteiger partial charge in [0.05, 0.1) is 0 Å². The highest BCUT2D eigenvalue weighted by molar-refractivity contribution is 6.30. The largest absolute Gasteiger partial charge is 0.478 e. The quantitative estimate of drug-likeness (QED) is 0.874. The van der Waals surface area contributed by atoms with Crippen LogP contribution in [0, 0.1) is 11.3 Å². The maximum atomic E-state index is 8.61. The first-order valence-corrected chi connectivity index (χ1v) is 7.15. The van der Waals surface area contributed by atoms with Gasteiger partial charge in [0.2, 0.25) is 0 Å². The first-order valence-electron chi connectivity index (χ1n) is 6.77. The second-order valence-corrected chi connectivity index (χ2v) is 5.15. The summed E-state index contributed by atoms with van der Waals surface area (Å²) in [6.45, 7) is 2.81. The average molecular weight is 301 g/mol. The molecule has 0 spiro atoms. The molecule has 0 aliphatic rings. The molecule has 2 rings (SSSR count). The van der Waals surface area contributed by atoms with Crippen molar-refractivity contribution in [3.63, 3.8) is 0 Å². The van der Waals surface area contributed by atoms with E-state index in [1.807, 2.05) is 54.6 Å². The van der Waals surface area contributed by atoms with Gasteiger partial charge in [0.1, 0.15) is 11.8 Å². The Labute approximate surface area is 130 Å². The van der Waals surface area contributed by atoms with Crippen LogP contribution in [0.25, 0.3) is 0 Å². The summed E-state index contributed by atoms with van der Waals surface area (Å²) in [5, 5.41) is 12.8. The predicted molar refractivity (Wildman–Crippen MR) is 84.3 cm³/mol. The van der Waals surface area contributed by atoms with Gasteiger partial charge in [-0.15, -0.1) is 0 Å². The molecule has 0 aliphatic carbocycles. The maximum absolute atomic E-state index is 8.61. The van der Waals surface area contributed by atoms with Crippen LogP contribution in [-0.4, -0.2) is 6.61 Å². The molecule has 0 amide bonds. The number of para-hydroxylation sites is 1. The highest BCUT2D eigenvalue weighted by Crippen LogP contribution is 2.21. The van der Waals surface area contributed by atoms with Gasteiger partial charge in [-0.1, -0.05) is 41.9 Å². The van der Waals surface area contributed by atoms with E-state index < -0.39 is 0 Å². The number of benzene rings is 2. The minimum Gasteiger partial charge on any atom is -0.478 e. The molecule has 3 nitrogen and oxygen atoms in total. The van der Waals surface area contributed by atoms with Crippen molar-refractivity contribution in [2.24, 2.45) is 0 Å². The van der Waals surface area contributed by atoms with Gasteiger partial charge >= 0.3 is 0 Å². The van der Waals surface area contributed by atoms with Crippen molar-refractivity contribution in [3.8, 4) is 11.8 Å². The Morgan fingerprint density at radius 1 is 1.24 bits per heavy atom. The van der Waals surface area contributed by atoms with E-state index in [4.69, 9.17) is 21.6 Å². The lowest BCUT2D eigenvalue weighted by Crippen LogP contribution is -2.18. The van der Waals surface area contributed by atoms with E-state index in [9.17, 15) is 0 Å². The van der Waals surface area contributed by atoms with Crippen molar-refractivity contribution in [2.45, 2.75) is 19.5 Å². The Bertz CT molecular complexity index is 637. The molecule has 0 heterocycles. The second-order valence-electron chi connectivity index (χ2n) is 4.71. The number of halogens is 1. The van der Waals surface area contributed by atoms with E-state index in [-0.39, 0.29) is 12.6 Å². The number of nitrogens with zero attached hydrogens (tertiary/aromatic N) is 1. The number of hydrogen-bond donors (Lipinski definition) is 1. The van der Waals surface area contributed by atoms with Crippen LogP contribution in [-0.2, 0) is 6.54 Å². The Hall–Kier alpha value is -2.02. The van der Waals surface area contributed by atoms with Crippen LogP contribution in [0.1, 0.15) is 24.1 Å². The number of ether oxygens (including phenoxy) is 1. The van der Waals surface area contributed by atoms with Gasteiger partial charge in [-0.3, -0.25) is 0 Å². The van der Waals surface area contributed by atoms with Gasteiger partial charge in [-0.2, -0.15) is 5.26 Å². The molecule has 21 heavy (non-hydrogen) atoms. The standard InChI is InChI=1S/C17H17ClN2O/c1-13(14-6-4-7-16(18)11-14)20-12-15-5-2-3-8-17(15)21-10-9-19/h2-8,11,13,20H,10,12H2,1H3/t13-/m0/s1. The first-order chi connectivity index (χ1) is 10.2. The lowest BCUT2D eigenvalue weighted by molar-refractivity contribution is 0.361. The third-order valence-corrected chi connectivity index (χ3v) is 3.45. The Morgan fingerprint density at radius 2 is 2.05 bits per heavy atom. The van der Waals surface area contributed by atoms with Crippen LogP contribution in [0.15, 0.2) is 48.5 Å². The molecular weight excluding hydrogens is 284 g/mol. The Morgan fingerprint density at radius 3 is 2.81 bits per heavy atom. The van der Waals surface area contributed by atoms with Crippen molar-refractivity contribution >= 4 is 11.6 Å². The first kappa shape index (κ1) is 15.4. The second kappa shape index (κ2) is 7.68. The lowest BCUT2D eigenvalue weighted by atomic mass is 10.1. The molecule has 1 atom stereocenters. The average Bonchev–Trinajstić information content (AvgIpc) is 2.51. The smallest absolute Gasteiger partial charge is 0.174 e. The molecule has 0 fully saturated rings. The van der Waals surface area contributed by atoms with Gasteiger partial charge in [-0.05, 0) is 30.7 Å². The van der Waals surface area contributed by atoms with Crippen LogP contribution < -0.4 is 10.1 Å². The van der Waals surface area contributed by atoms with Crippen molar-refractivity contribution in [3.05, 3.63) is 64.7 Å². The van der Waals surface area contributed by atoms with Crippen molar-refractivity contribution in [1.29, 1.82) is 5.26 Å². The normalized spacial score (nSPS) is 11.7. The van der Waals surface area contributed by atoms with Crippen molar-refractivity contribution in [2.75, 3.05) is 6.61 Å². The number of nitriles is 1. The third kappa shape index (κ3) is 4.49. The van der Waals surface area contributed by atoms with Gasteiger partial charge in [0.15, 0.2) is 6.61 Å². The summed E-state index contributed by atoms with van der Waals surface area (Å²) in [4.78, 5) is 0. The summed E-state index contributed by atoms with van der Waals surface area (Å²) < 4.78 is 5.42. The zero-order valence-corrected chi connectivity index (χ0v) is 12.6. The van der Waals surface area contributed by atoms with Crippen molar-refractivity contribution < 1.29 is 4.74 Å². The predicted octanol–water partition coefficient (Wildman–Crippen LogP) is 4.09.